The molecule has 0 bridgehead atoms. The highest BCUT2D eigenvalue weighted by molar-refractivity contribution is 7.89. The Kier molecular flexibility index (Phi) is 6.27. The van der Waals surface area contributed by atoms with Crippen LogP contribution in [0.25, 0.3) is 0 Å². The number of halogens is 2. The predicted molar refractivity (Wildman–Crippen MR) is 89.6 cm³/mol. The number of benzene rings is 1. The molecule has 9 heteroatoms. The van der Waals surface area contributed by atoms with Crippen LogP contribution >= 0.6 is 23.2 Å². The van der Waals surface area contributed by atoms with Crippen LogP contribution in [0.5, 0.6) is 0 Å². The molecule has 2 rings (SSSR count). The second-order valence-corrected chi connectivity index (χ2v) is 8.17. The molecule has 1 atom stereocenters. The molecule has 1 saturated heterocycles. The Labute approximate surface area is 145 Å². The number of hydrogen-bond donors (Lipinski definition) is 1. The van der Waals surface area contributed by atoms with Crippen molar-refractivity contribution in [1.82, 2.24) is 9.62 Å². The van der Waals surface area contributed by atoms with Gasteiger partial charge in [-0.05, 0) is 25.1 Å². The Morgan fingerprint density at radius 1 is 1.43 bits per heavy atom. The van der Waals surface area contributed by atoms with Gasteiger partial charge in [-0.2, -0.15) is 4.31 Å². The first-order valence-electron chi connectivity index (χ1n) is 7.12. The normalized spacial score (nSPS) is 19.5. The fraction of sp³-hybridized carbons (Fsp3) is 0.500. The minimum atomic E-state index is -3.43. The number of sulfonamides is 1. The van der Waals surface area contributed by atoms with E-state index in [1.165, 1.54) is 16.4 Å². The van der Waals surface area contributed by atoms with Crippen LogP contribution in [0.2, 0.25) is 10.0 Å². The summed E-state index contributed by atoms with van der Waals surface area (Å²) in [4.78, 5) is 12.0. The lowest BCUT2D eigenvalue weighted by Gasteiger charge is -2.30. The van der Waals surface area contributed by atoms with Crippen LogP contribution in [0.1, 0.15) is 17.3 Å². The minimum Gasteiger partial charge on any atom is -0.376 e. The van der Waals surface area contributed by atoms with Gasteiger partial charge in [0, 0.05) is 24.7 Å². The second-order valence-electron chi connectivity index (χ2n) is 5.24. The monoisotopic (exact) mass is 380 g/mol. The topological polar surface area (TPSA) is 75.7 Å². The van der Waals surface area contributed by atoms with E-state index >= 15 is 0 Å². The predicted octanol–water partition coefficient (Wildman–Crippen LogP) is 1.77. The van der Waals surface area contributed by atoms with E-state index in [1.807, 2.05) is 6.92 Å². The van der Waals surface area contributed by atoms with Crippen molar-refractivity contribution in [2.24, 2.45) is 0 Å². The highest BCUT2D eigenvalue weighted by Gasteiger charge is 2.27. The number of nitrogens with zero attached hydrogens (tertiary/aromatic N) is 1. The summed E-state index contributed by atoms with van der Waals surface area (Å²) in [5.41, 5.74) is 0.258. The Bertz CT molecular complexity index is 681. The summed E-state index contributed by atoms with van der Waals surface area (Å²) in [5, 5.41) is 3.21. The van der Waals surface area contributed by atoms with E-state index in [4.69, 9.17) is 27.9 Å². The molecule has 1 amide bonds. The molecular formula is C14H18Cl2N2O4S. The summed E-state index contributed by atoms with van der Waals surface area (Å²) in [7, 11) is -3.43. The lowest BCUT2D eigenvalue weighted by atomic mass is 10.2. The van der Waals surface area contributed by atoms with Crippen LogP contribution in [0.3, 0.4) is 0 Å². The first kappa shape index (κ1) is 18.5. The Hall–Kier alpha value is -0.860. The molecule has 0 saturated carbocycles. The zero-order chi connectivity index (χ0) is 17.0. The van der Waals surface area contributed by atoms with Crippen molar-refractivity contribution in [1.29, 1.82) is 0 Å². The minimum absolute atomic E-state index is 0.00581. The lowest BCUT2D eigenvalue weighted by Crippen LogP contribution is -2.46. The molecule has 1 heterocycles. The number of nitrogens with one attached hydrogen (secondary N) is 1. The van der Waals surface area contributed by atoms with Crippen molar-refractivity contribution in [3.63, 3.8) is 0 Å². The van der Waals surface area contributed by atoms with Gasteiger partial charge in [0.05, 0.1) is 29.0 Å². The van der Waals surface area contributed by atoms with Gasteiger partial charge in [0.1, 0.15) is 0 Å². The fourth-order valence-electron chi connectivity index (χ4n) is 2.23. The second kappa shape index (κ2) is 7.81. The van der Waals surface area contributed by atoms with Crippen molar-refractivity contribution < 1.29 is 17.9 Å². The average molecular weight is 381 g/mol. The molecule has 1 aliphatic rings. The Balaban J connectivity index is 1.89. The maximum absolute atomic E-state index is 12.2. The van der Waals surface area contributed by atoms with Gasteiger partial charge in [-0.1, -0.05) is 23.2 Å². The van der Waals surface area contributed by atoms with Crippen molar-refractivity contribution in [3.8, 4) is 0 Å². The van der Waals surface area contributed by atoms with Crippen molar-refractivity contribution in [3.05, 3.63) is 33.8 Å². The maximum Gasteiger partial charge on any atom is 0.252 e. The number of ether oxygens (including phenoxy) is 1. The van der Waals surface area contributed by atoms with E-state index in [9.17, 15) is 13.2 Å². The van der Waals surface area contributed by atoms with E-state index in [1.54, 1.807) is 6.07 Å². The number of morpholine rings is 1. The molecule has 0 aliphatic carbocycles. The van der Waals surface area contributed by atoms with E-state index in [-0.39, 0.29) is 29.0 Å². The highest BCUT2D eigenvalue weighted by Crippen LogP contribution is 2.20. The fourth-order valence-corrected chi connectivity index (χ4v) is 4.13. The highest BCUT2D eigenvalue weighted by atomic mass is 35.5. The van der Waals surface area contributed by atoms with Gasteiger partial charge in [-0.15, -0.1) is 0 Å². The van der Waals surface area contributed by atoms with Crippen molar-refractivity contribution in [2.75, 3.05) is 32.0 Å². The van der Waals surface area contributed by atoms with E-state index in [0.717, 1.165) is 0 Å². The van der Waals surface area contributed by atoms with Crippen LogP contribution in [0.15, 0.2) is 18.2 Å². The molecule has 0 spiro atoms. The summed E-state index contributed by atoms with van der Waals surface area (Å²) in [6, 6.07) is 4.51. The van der Waals surface area contributed by atoms with Gasteiger partial charge in [0.2, 0.25) is 10.0 Å². The summed E-state index contributed by atoms with van der Waals surface area (Å²) >= 11 is 11.7. The third-order valence-corrected chi connectivity index (χ3v) is 5.80. The number of amides is 1. The Morgan fingerprint density at radius 3 is 2.83 bits per heavy atom. The molecule has 1 aromatic rings. The van der Waals surface area contributed by atoms with Gasteiger partial charge in [-0.25, -0.2) is 8.42 Å². The standard InChI is InChI=1S/C14H18Cl2N2O4S/c1-10-9-18(5-6-22-10)23(20,21)7-4-17-14(19)12-3-2-11(15)8-13(12)16/h2-3,8,10H,4-7,9H2,1H3,(H,17,19). The third kappa shape index (κ3) is 5.06. The Morgan fingerprint density at radius 2 is 2.17 bits per heavy atom. The van der Waals surface area contributed by atoms with Crippen molar-refractivity contribution in [2.45, 2.75) is 13.0 Å². The van der Waals surface area contributed by atoms with Crippen LogP contribution in [-0.2, 0) is 14.8 Å². The summed E-state index contributed by atoms with van der Waals surface area (Å²) in [6.45, 7) is 2.88. The molecule has 1 unspecified atom stereocenters. The van der Waals surface area contributed by atoms with Crippen LogP contribution in [0.4, 0.5) is 0 Å². The lowest BCUT2D eigenvalue weighted by molar-refractivity contribution is 0.0102. The van der Waals surface area contributed by atoms with Crippen molar-refractivity contribution >= 4 is 39.1 Å². The molecule has 128 valence electrons. The third-order valence-electron chi connectivity index (χ3n) is 3.42. The SMILES string of the molecule is CC1CN(S(=O)(=O)CCNC(=O)c2ccc(Cl)cc2Cl)CCO1. The summed E-state index contributed by atoms with van der Waals surface area (Å²) in [6.07, 6.45) is -0.124. The molecule has 23 heavy (non-hydrogen) atoms. The van der Waals surface area contributed by atoms with Gasteiger partial charge in [0.25, 0.3) is 5.91 Å². The zero-order valence-corrected chi connectivity index (χ0v) is 14.9. The van der Waals surface area contributed by atoms with Gasteiger partial charge >= 0.3 is 0 Å². The molecular weight excluding hydrogens is 363 g/mol. The average Bonchev–Trinajstić information content (AvgIpc) is 2.46. The number of hydrogen-bond acceptors (Lipinski definition) is 4. The smallest absolute Gasteiger partial charge is 0.252 e. The molecule has 0 aromatic heterocycles. The first-order valence-corrected chi connectivity index (χ1v) is 9.49. The van der Waals surface area contributed by atoms with Gasteiger partial charge in [-0.3, -0.25) is 4.79 Å². The first-order chi connectivity index (χ1) is 10.8. The largest absolute Gasteiger partial charge is 0.376 e. The maximum atomic E-state index is 12.2. The summed E-state index contributed by atoms with van der Waals surface area (Å²) < 4.78 is 31.2. The molecule has 6 nitrogen and oxygen atoms in total. The zero-order valence-electron chi connectivity index (χ0n) is 12.6. The molecule has 1 aromatic carbocycles. The number of carbonyl (C=O) groups excluding carboxylic acids is 1. The number of rotatable bonds is 5. The van der Waals surface area contributed by atoms with Crippen LogP contribution in [-0.4, -0.2) is 56.7 Å². The molecule has 1 N–H and O–H groups in total. The van der Waals surface area contributed by atoms with Gasteiger partial charge in [0.15, 0.2) is 0 Å². The van der Waals surface area contributed by atoms with Gasteiger partial charge < -0.3 is 10.1 Å². The van der Waals surface area contributed by atoms with Crippen LogP contribution in [0, 0.1) is 0 Å². The van der Waals surface area contributed by atoms with E-state index < -0.39 is 15.9 Å². The van der Waals surface area contributed by atoms with E-state index in [0.29, 0.717) is 24.7 Å². The molecule has 1 fully saturated rings. The number of carbonyl (C=O) groups is 1. The quantitative estimate of drug-likeness (QED) is 0.844. The molecule has 1 aliphatic heterocycles. The summed E-state index contributed by atoms with van der Waals surface area (Å²) in [5.74, 6) is -0.603. The van der Waals surface area contributed by atoms with E-state index in [2.05, 4.69) is 5.32 Å². The van der Waals surface area contributed by atoms with Crippen LogP contribution < -0.4 is 5.32 Å². The molecule has 0 radical (unpaired) electrons.